The number of imide groups is 1. The molecule has 3 heterocycles. The van der Waals surface area contributed by atoms with Gasteiger partial charge in [0, 0.05) is 27.2 Å². The van der Waals surface area contributed by atoms with Crippen molar-refractivity contribution in [2.75, 3.05) is 40.3 Å². The molecule has 2 saturated heterocycles. The lowest BCUT2D eigenvalue weighted by molar-refractivity contribution is -0.133. The molecule has 6 heteroatoms. The molecule has 0 aromatic heterocycles. The van der Waals surface area contributed by atoms with Gasteiger partial charge in [-0.15, -0.1) is 6.58 Å². The van der Waals surface area contributed by atoms with Crippen LogP contribution in [-0.2, 0) is 4.79 Å². The van der Waals surface area contributed by atoms with Crippen molar-refractivity contribution in [3.8, 4) is 0 Å². The molecule has 32 heavy (non-hydrogen) atoms. The molecular formula is C26H36N4O2. The molecule has 1 aromatic rings. The maximum absolute atomic E-state index is 12.7. The average Bonchev–Trinajstić information content (AvgIpc) is 2.98. The molecule has 0 atom stereocenters. The number of nitrogens with zero attached hydrogens (tertiary/aromatic N) is 3. The molecule has 4 rings (SSSR count). The summed E-state index contributed by atoms with van der Waals surface area (Å²) in [6.07, 6.45) is 15.2. The number of likely N-dealkylation sites (N-methyl/N-ethyl adjacent to an activating group) is 2. The van der Waals surface area contributed by atoms with Gasteiger partial charge in [0.1, 0.15) is 5.54 Å². The van der Waals surface area contributed by atoms with Gasteiger partial charge in [0.15, 0.2) is 0 Å². The number of nitrogens with one attached hydrogen (secondary N) is 1. The van der Waals surface area contributed by atoms with Gasteiger partial charge in [-0.3, -0.25) is 9.69 Å². The van der Waals surface area contributed by atoms with Gasteiger partial charge in [0.2, 0.25) is 0 Å². The van der Waals surface area contributed by atoms with Gasteiger partial charge in [-0.1, -0.05) is 60.7 Å². The van der Waals surface area contributed by atoms with Gasteiger partial charge < -0.3 is 15.1 Å². The zero-order chi connectivity index (χ0) is 23.4. The number of hydrogen-bond donors (Lipinski definition) is 1. The molecule has 0 aliphatic carbocycles. The monoisotopic (exact) mass is 436 g/mol. The quantitative estimate of drug-likeness (QED) is 0.577. The first kappa shape index (κ1) is 25.1. The van der Waals surface area contributed by atoms with Crippen molar-refractivity contribution in [1.82, 2.24) is 20.0 Å². The van der Waals surface area contributed by atoms with Crippen molar-refractivity contribution in [2.24, 2.45) is 0 Å². The molecular weight excluding hydrogens is 400 g/mol. The Morgan fingerprint density at radius 2 is 1.75 bits per heavy atom. The van der Waals surface area contributed by atoms with Crippen LogP contribution in [0.2, 0.25) is 0 Å². The van der Waals surface area contributed by atoms with Crippen molar-refractivity contribution in [2.45, 2.75) is 25.3 Å². The Morgan fingerprint density at radius 1 is 1.09 bits per heavy atom. The summed E-state index contributed by atoms with van der Waals surface area (Å²) in [7, 11) is 3.80. The summed E-state index contributed by atoms with van der Waals surface area (Å²) < 4.78 is 0. The number of benzene rings is 1. The predicted molar refractivity (Wildman–Crippen MR) is 132 cm³/mol. The molecule has 0 unspecified atom stereocenters. The zero-order valence-electron chi connectivity index (χ0n) is 19.5. The van der Waals surface area contributed by atoms with E-state index in [9.17, 15) is 9.59 Å². The first-order valence-corrected chi connectivity index (χ1v) is 11.1. The third-order valence-electron chi connectivity index (χ3n) is 5.61. The van der Waals surface area contributed by atoms with Gasteiger partial charge in [-0.25, -0.2) is 4.79 Å². The van der Waals surface area contributed by atoms with E-state index in [1.54, 1.807) is 18.0 Å². The standard InChI is InChI=1S/C17H21N3O2.C6H9N.C3H6/c1-19-16(22)20(13-5-8-14-6-3-2-4-7-14)15(21)17(19)9-11-18-12-10-17;1-7-5-3-2-4-6-7;1-3-2/h2-8,18H,9-13H2,1H3;2-5H,6H2,1H3;3H,1H2,2H3/b8-5+;;. The maximum atomic E-state index is 12.7. The van der Waals surface area contributed by atoms with Crippen molar-refractivity contribution in [3.63, 3.8) is 0 Å². The fourth-order valence-corrected chi connectivity index (χ4v) is 3.82. The number of urea groups is 1. The molecule has 6 nitrogen and oxygen atoms in total. The minimum Gasteiger partial charge on any atom is -0.377 e. The number of carbonyl (C=O) groups is 2. The summed E-state index contributed by atoms with van der Waals surface area (Å²) in [6, 6.07) is 9.67. The van der Waals surface area contributed by atoms with E-state index in [-0.39, 0.29) is 11.9 Å². The van der Waals surface area contributed by atoms with Crippen molar-refractivity contribution in [1.29, 1.82) is 0 Å². The smallest absolute Gasteiger partial charge is 0.327 e. The van der Waals surface area contributed by atoms with E-state index in [0.29, 0.717) is 19.4 Å². The Hall–Kier alpha value is -3.12. The van der Waals surface area contributed by atoms with E-state index < -0.39 is 5.54 Å². The molecule has 0 radical (unpaired) electrons. The van der Waals surface area contributed by atoms with Gasteiger partial charge >= 0.3 is 6.03 Å². The molecule has 0 saturated carbocycles. The molecule has 1 spiro atoms. The number of amides is 3. The highest BCUT2D eigenvalue weighted by atomic mass is 16.2. The highest BCUT2D eigenvalue weighted by Crippen LogP contribution is 2.34. The fraction of sp³-hybridized carbons (Fsp3) is 0.385. The van der Waals surface area contributed by atoms with E-state index in [1.165, 1.54) is 4.90 Å². The first-order valence-electron chi connectivity index (χ1n) is 11.1. The number of allylic oxidation sites excluding steroid dienone is 3. The minimum absolute atomic E-state index is 0.0563. The highest BCUT2D eigenvalue weighted by Gasteiger charge is 2.55. The second-order valence-corrected chi connectivity index (χ2v) is 7.97. The third kappa shape index (κ3) is 6.44. The predicted octanol–water partition coefficient (Wildman–Crippen LogP) is 3.91. The fourth-order valence-electron chi connectivity index (χ4n) is 3.82. The number of carbonyl (C=O) groups excluding carboxylic acids is 2. The Balaban J connectivity index is 0.000000302. The van der Waals surface area contributed by atoms with Gasteiger partial charge in [-0.2, -0.15) is 0 Å². The Morgan fingerprint density at radius 3 is 2.28 bits per heavy atom. The lowest BCUT2D eigenvalue weighted by Gasteiger charge is -2.36. The molecule has 1 aromatic carbocycles. The molecule has 3 amide bonds. The second-order valence-electron chi connectivity index (χ2n) is 7.97. The zero-order valence-corrected chi connectivity index (χ0v) is 19.5. The molecule has 3 aliphatic heterocycles. The van der Waals surface area contributed by atoms with Crippen LogP contribution in [0.1, 0.15) is 25.3 Å². The van der Waals surface area contributed by atoms with Gasteiger partial charge in [0.05, 0.1) is 0 Å². The molecule has 172 valence electrons. The number of hydrogen-bond acceptors (Lipinski definition) is 4. The SMILES string of the molecule is C=CC.CN1C(=O)N(C/C=C/c2ccccc2)C(=O)C12CCNCC2.CN1C=CC=CC1. The Kier molecular flexibility index (Phi) is 9.95. The van der Waals surface area contributed by atoms with Gasteiger partial charge in [0.25, 0.3) is 5.91 Å². The molecule has 2 fully saturated rings. The van der Waals surface area contributed by atoms with Crippen LogP contribution in [0.15, 0.2) is 73.5 Å². The summed E-state index contributed by atoms with van der Waals surface area (Å²) in [5.74, 6) is -0.0563. The highest BCUT2D eigenvalue weighted by molar-refractivity contribution is 6.07. The van der Waals surface area contributed by atoms with Gasteiger partial charge in [-0.05, 0) is 50.7 Å². The number of rotatable bonds is 3. The number of piperidine rings is 1. The molecule has 1 N–H and O–H groups in total. The average molecular weight is 437 g/mol. The second kappa shape index (κ2) is 12.7. The van der Waals surface area contributed by atoms with Crippen LogP contribution in [0.3, 0.4) is 0 Å². The lowest BCUT2D eigenvalue weighted by atomic mass is 9.87. The van der Waals surface area contributed by atoms with Crippen LogP contribution in [0.5, 0.6) is 0 Å². The normalized spacial score (nSPS) is 19.0. The van der Waals surface area contributed by atoms with E-state index in [1.807, 2.05) is 55.5 Å². The first-order chi connectivity index (χ1) is 15.5. The third-order valence-corrected chi connectivity index (χ3v) is 5.61. The largest absolute Gasteiger partial charge is 0.377 e. The van der Waals surface area contributed by atoms with Crippen LogP contribution < -0.4 is 5.32 Å². The van der Waals surface area contributed by atoms with Crippen LogP contribution in [0.25, 0.3) is 6.08 Å². The van der Waals surface area contributed by atoms with E-state index >= 15 is 0 Å². The van der Waals surface area contributed by atoms with Crippen LogP contribution >= 0.6 is 0 Å². The van der Waals surface area contributed by atoms with Crippen molar-refractivity contribution < 1.29 is 9.59 Å². The van der Waals surface area contributed by atoms with E-state index in [2.05, 4.69) is 42.2 Å². The molecule has 3 aliphatic rings. The summed E-state index contributed by atoms with van der Waals surface area (Å²) in [5, 5.41) is 3.25. The van der Waals surface area contributed by atoms with E-state index in [0.717, 1.165) is 25.2 Å². The summed E-state index contributed by atoms with van der Waals surface area (Å²) in [4.78, 5) is 30.3. The van der Waals surface area contributed by atoms with Crippen molar-refractivity contribution in [3.05, 3.63) is 79.1 Å². The minimum atomic E-state index is -0.636. The maximum Gasteiger partial charge on any atom is 0.327 e. The van der Waals surface area contributed by atoms with Crippen LogP contribution in [0.4, 0.5) is 4.79 Å². The van der Waals surface area contributed by atoms with Crippen LogP contribution in [-0.4, -0.2) is 72.5 Å². The van der Waals surface area contributed by atoms with Crippen LogP contribution in [0, 0.1) is 0 Å². The summed E-state index contributed by atoms with van der Waals surface area (Å²) in [6.45, 7) is 8.18. The summed E-state index contributed by atoms with van der Waals surface area (Å²) >= 11 is 0. The lowest BCUT2D eigenvalue weighted by Crippen LogP contribution is -2.54. The van der Waals surface area contributed by atoms with E-state index in [4.69, 9.17) is 0 Å². The van der Waals surface area contributed by atoms with Crippen molar-refractivity contribution >= 4 is 18.0 Å². The topological polar surface area (TPSA) is 55.9 Å². The Bertz CT molecular complexity index is 839. The summed E-state index contributed by atoms with van der Waals surface area (Å²) in [5.41, 5.74) is 0.426. The molecule has 0 bridgehead atoms. The Labute approximate surface area is 192 Å².